The van der Waals surface area contributed by atoms with Gasteiger partial charge >= 0.3 is 0 Å². The number of carbonyl (C=O) groups excluding carboxylic acids is 2. The fourth-order valence-corrected chi connectivity index (χ4v) is 3.67. The van der Waals surface area contributed by atoms with E-state index in [4.69, 9.17) is 11.6 Å². The van der Waals surface area contributed by atoms with Gasteiger partial charge in [0.2, 0.25) is 5.91 Å². The van der Waals surface area contributed by atoms with E-state index in [2.05, 4.69) is 15.9 Å². The monoisotopic (exact) mass is 405 g/mol. The molecule has 0 saturated carbocycles. The summed E-state index contributed by atoms with van der Waals surface area (Å²) >= 11 is 9.68. The van der Waals surface area contributed by atoms with Crippen LogP contribution in [-0.2, 0) is 22.6 Å². The summed E-state index contributed by atoms with van der Waals surface area (Å²) in [6.45, 7) is 2.08. The van der Waals surface area contributed by atoms with Crippen molar-refractivity contribution >= 4 is 39.2 Å². The standard InChI is InChI=1S/C19H17BrClNO2/c1-12(23)10-22(11-13-5-3-2-4-6-13)19(24)16-9-15-14(16)7-8-17(20)18(15)21/h2-8,16H,9-11H2,1H3. The molecule has 124 valence electrons. The maximum Gasteiger partial charge on any atom is 0.231 e. The lowest BCUT2D eigenvalue weighted by atomic mass is 9.76. The van der Waals surface area contributed by atoms with Gasteiger partial charge in [-0.1, -0.05) is 48.0 Å². The Morgan fingerprint density at radius 3 is 2.58 bits per heavy atom. The van der Waals surface area contributed by atoms with Gasteiger partial charge in [-0.25, -0.2) is 0 Å². The number of fused-ring (bicyclic) bond motifs is 1. The number of benzene rings is 2. The molecule has 0 aromatic heterocycles. The second-order valence-corrected chi connectivity index (χ2v) is 7.30. The van der Waals surface area contributed by atoms with Crippen LogP contribution in [0.4, 0.5) is 0 Å². The van der Waals surface area contributed by atoms with E-state index in [9.17, 15) is 9.59 Å². The Morgan fingerprint density at radius 1 is 1.21 bits per heavy atom. The summed E-state index contributed by atoms with van der Waals surface area (Å²) in [6, 6.07) is 13.5. The molecule has 3 nitrogen and oxygen atoms in total. The Bertz CT molecular complexity index is 791. The molecule has 0 aliphatic heterocycles. The van der Waals surface area contributed by atoms with E-state index >= 15 is 0 Å². The van der Waals surface area contributed by atoms with E-state index in [1.165, 1.54) is 6.92 Å². The second kappa shape index (κ2) is 7.08. The van der Waals surface area contributed by atoms with Crippen LogP contribution in [0, 0.1) is 0 Å². The SMILES string of the molecule is CC(=O)CN(Cc1ccccc1)C(=O)C1Cc2c1ccc(Br)c2Cl. The smallest absolute Gasteiger partial charge is 0.231 e. The molecule has 2 aromatic carbocycles. The molecule has 0 fully saturated rings. The Kier molecular flexibility index (Phi) is 5.07. The first-order valence-corrected chi connectivity index (χ1v) is 8.93. The van der Waals surface area contributed by atoms with Crippen molar-refractivity contribution in [2.45, 2.75) is 25.8 Å². The summed E-state index contributed by atoms with van der Waals surface area (Å²) in [5.41, 5.74) is 3.00. The lowest BCUT2D eigenvalue weighted by Crippen LogP contribution is -2.41. The quantitative estimate of drug-likeness (QED) is 0.740. The summed E-state index contributed by atoms with van der Waals surface area (Å²) in [5.74, 6) is -0.249. The Hall–Kier alpha value is -1.65. The van der Waals surface area contributed by atoms with Gasteiger partial charge in [-0.3, -0.25) is 9.59 Å². The Labute approximate surface area is 154 Å². The Morgan fingerprint density at radius 2 is 1.92 bits per heavy atom. The number of hydrogen-bond acceptors (Lipinski definition) is 2. The summed E-state index contributed by atoms with van der Waals surface area (Å²) in [5, 5.41) is 0.678. The van der Waals surface area contributed by atoms with Crippen molar-refractivity contribution < 1.29 is 9.59 Å². The van der Waals surface area contributed by atoms with Crippen molar-refractivity contribution in [3.8, 4) is 0 Å². The first kappa shape index (κ1) is 17.2. The van der Waals surface area contributed by atoms with E-state index < -0.39 is 0 Å². The van der Waals surface area contributed by atoms with E-state index in [-0.39, 0.29) is 24.2 Å². The van der Waals surface area contributed by atoms with Crippen molar-refractivity contribution in [3.05, 3.63) is 68.7 Å². The molecule has 1 unspecified atom stereocenters. The van der Waals surface area contributed by atoms with E-state index in [1.54, 1.807) is 4.90 Å². The van der Waals surface area contributed by atoms with Crippen molar-refractivity contribution in [2.24, 2.45) is 0 Å². The molecule has 0 spiro atoms. The summed E-state index contributed by atoms with van der Waals surface area (Å²) < 4.78 is 0.846. The molecule has 0 heterocycles. The van der Waals surface area contributed by atoms with Crippen molar-refractivity contribution in [3.63, 3.8) is 0 Å². The van der Waals surface area contributed by atoms with Gasteiger partial charge in [-0.15, -0.1) is 0 Å². The lowest BCUT2D eigenvalue weighted by molar-refractivity contribution is -0.137. The average molecular weight is 407 g/mol. The molecule has 5 heteroatoms. The molecule has 0 bridgehead atoms. The first-order chi connectivity index (χ1) is 11.5. The zero-order valence-electron chi connectivity index (χ0n) is 13.3. The van der Waals surface area contributed by atoms with Crippen LogP contribution < -0.4 is 0 Å². The summed E-state index contributed by atoms with van der Waals surface area (Å²) in [4.78, 5) is 26.2. The first-order valence-electron chi connectivity index (χ1n) is 7.76. The number of carbonyl (C=O) groups is 2. The average Bonchev–Trinajstić information content (AvgIpc) is 2.52. The van der Waals surface area contributed by atoms with E-state index in [0.717, 1.165) is 21.2 Å². The minimum atomic E-state index is -0.214. The minimum Gasteiger partial charge on any atom is -0.331 e. The van der Waals surface area contributed by atoms with Crippen molar-refractivity contribution in [1.82, 2.24) is 4.90 Å². The van der Waals surface area contributed by atoms with Gasteiger partial charge in [0.15, 0.2) is 0 Å². The maximum absolute atomic E-state index is 12.9. The zero-order valence-corrected chi connectivity index (χ0v) is 15.6. The highest BCUT2D eigenvalue weighted by molar-refractivity contribution is 9.10. The highest BCUT2D eigenvalue weighted by Crippen LogP contribution is 2.43. The van der Waals surface area contributed by atoms with E-state index in [1.807, 2.05) is 42.5 Å². The molecule has 2 aromatic rings. The second-order valence-electron chi connectivity index (χ2n) is 6.07. The summed E-state index contributed by atoms with van der Waals surface area (Å²) in [6.07, 6.45) is 0.621. The Balaban J connectivity index is 1.81. The highest BCUT2D eigenvalue weighted by atomic mass is 79.9. The third-order valence-corrected chi connectivity index (χ3v) is 5.58. The van der Waals surface area contributed by atoms with Crippen LogP contribution in [0.15, 0.2) is 46.9 Å². The number of ketones is 1. The predicted octanol–water partition coefficient (Wildman–Crippen LogP) is 4.36. The number of amides is 1. The summed E-state index contributed by atoms with van der Waals surface area (Å²) in [7, 11) is 0. The van der Waals surface area contributed by atoms with Gasteiger partial charge in [0.05, 0.1) is 17.5 Å². The normalized spacial score (nSPS) is 15.4. The molecular weight excluding hydrogens is 390 g/mol. The fraction of sp³-hybridized carbons (Fsp3) is 0.263. The highest BCUT2D eigenvalue weighted by Gasteiger charge is 2.37. The van der Waals surface area contributed by atoms with Crippen LogP contribution in [0.1, 0.15) is 29.5 Å². The number of Topliss-reactive ketones (excluding diaryl/α,β-unsaturated/α-hetero) is 1. The zero-order chi connectivity index (χ0) is 17.3. The molecule has 1 amide bonds. The predicted molar refractivity (Wildman–Crippen MR) is 98.1 cm³/mol. The third kappa shape index (κ3) is 3.40. The molecular formula is C19H17BrClNO2. The van der Waals surface area contributed by atoms with Gasteiger partial charge in [0.25, 0.3) is 0 Å². The molecule has 1 atom stereocenters. The van der Waals surface area contributed by atoms with Gasteiger partial charge in [0, 0.05) is 11.0 Å². The minimum absolute atomic E-state index is 0.0139. The number of nitrogens with zero attached hydrogens (tertiary/aromatic N) is 1. The van der Waals surface area contributed by atoms with Crippen LogP contribution >= 0.6 is 27.5 Å². The number of halogens is 2. The van der Waals surface area contributed by atoms with Crippen LogP contribution in [0.2, 0.25) is 5.02 Å². The van der Waals surface area contributed by atoms with Gasteiger partial charge < -0.3 is 4.90 Å². The number of hydrogen-bond donors (Lipinski definition) is 0. The fourth-order valence-electron chi connectivity index (χ4n) is 3.05. The largest absolute Gasteiger partial charge is 0.331 e. The molecule has 0 N–H and O–H groups in total. The molecule has 1 aliphatic rings. The van der Waals surface area contributed by atoms with Gasteiger partial charge in [0.1, 0.15) is 5.78 Å². The number of rotatable bonds is 5. The van der Waals surface area contributed by atoms with E-state index in [0.29, 0.717) is 18.0 Å². The van der Waals surface area contributed by atoms with Crippen molar-refractivity contribution in [2.75, 3.05) is 6.54 Å². The van der Waals surface area contributed by atoms with Crippen LogP contribution in [0.3, 0.4) is 0 Å². The molecule has 24 heavy (non-hydrogen) atoms. The van der Waals surface area contributed by atoms with Crippen LogP contribution in [-0.4, -0.2) is 23.1 Å². The van der Waals surface area contributed by atoms with Crippen LogP contribution in [0.25, 0.3) is 0 Å². The van der Waals surface area contributed by atoms with Crippen LogP contribution in [0.5, 0.6) is 0 Å². The van der Waals surface area contributed by atoms with Gasteiger partial charge in [-0.05, 0) is 52.0 Å². The molecule has 0 saturated heterocycles. The molecule has 0 radical (unpaired) electrons. The lowest BCUT2D eigenvalue weighted by Gasteiger charge is -2.34. The van der Waals surface area contributed by atoms with Gasteiger partial charge in [-0.2, -0.15) is 0 Å². The molecule has 1 aliphatic carbocycles. The maximum atomic E-state index is 12.9. The van der Waals surface area contributed by atoms with Crippen molar-refractivity contribution in [1.29, 1.82) is 0 Å². The third-order valence-electron chi connectivity index (χ3n) is 4.26. The molecule has 3 rings (SSSR count). The topological polar surface area (TPSA) is 37.4 Å².